The molecule has 0 bridgehead atoms. The van der Waals surface area contributed by atoms with Gasteiger partial charge in [-0.15, -0.1) is 0 Å². The van der Waals surface area contributed by atoms with Gasteiger partial charge in [-0.05, 0) is 58.4 Å². The number of rotatable bonds is 20. The first kappa shape index (κ1) is 44.3. The van der Waals surface area contributed by atoms with Crippen LogP contribution in [0.1, 0.15) is 52.5 Å². The first-order chi connectivity index (χ1) is 24.6. The van der Waals surface area contributed by atoms with Gasteiger partial charge in [0.1, 0.15) is 11.9 Å². The zero-order valence-corrected chi connectivity index (χ0v) is 32.4. The van der Waals surface area contributed by atoms with Crippen molar-refractivity contribution in [1.29, 1.82) is 5.26 Å². The topological polar surface area (TPSA) is 136 Å². The number of hydrogen-bond donors (Lipinski definition) is 0. The van der Waals surface area contributed by atoms with Gasteiger partial charge in [0.2, 0.25) is 0 Å². The number of nitriles is 1. The minimum Gasteiger partial charge on any atom is -0.488 e. The maximum absolute atomic E-state index is 12.3. The second-order valence-electron chi connectivity index (χ2n) is 12.5. The zero-order valence-electron chi connectivity index (χ0n) is 31.5. The third-order valence-corrected chi connectivity index (χ3v) is 9.97. The Kier molecular flexibility index (Phi) is 22.6. The molecule has 0 radical (unpaired) electrons. The molecule has 15 heteroatoms. The molecule has 2 unspecified atom stereocenters. The van der Waals surface area contributed by atoms with Gasteiger partial charge in [-0.1, -0.05) is 11.8 Å². The molecular formula is C36H58N5O9P. The standard InChI is InChI=1S/C36H58N5O9P/c1-30(2)41(31(3)4)51(49-24-11-17-37)48-23-10-8-9-12-32-13-15-33(16-14-32)50-34-26-39(22-25-47-46-7)19-18-38(28-35(42)44-5)20-21-40(27-34)29-36(43)45-6/h13-16,30-31,34H,8,10-11,18-29H2,1-7H3. The molecule has 0 aliphatic carbocycles. The highest BCUT2D eigenvalue weighted by molar-refractivity contribution is 7.44. The lowest BCUT2D eigenvalue weighted by Crippen LogP contribution is -2.51. The van der Waals surface area contributed by atoms with E-state index in [1.54, 1.807) is 0 Å². The second kappa shape index (κ2) is 26.0. The van der Waals surface area contributed by atoms with Gasteiger partial charge >= 0.3 is 11.9 Å². The molecule has 0 amide bonds. The van der Waals surface area contributed by atoms with Crippen molar-refractivity contribution in [3.8, 4) is 23.7 Å². The highest BCUT2D eigenvalue weighted by Crippen LogP contribution is 2.46. The van der Waals surface area contributed by atoms with Gasteiger partial charge in [-0.3, -0.25) is 24.3 Å². The Morgan fingerprint density at radius 2 is 1.43 bits per heavy atom. The van der Waals surface area contributed by atoms with Gasteiger partial charge in [-0.25, -0.2) is 14.4 Å². The van der Waals surface area contributed by atoms with E-state index in [2.05, 4.69) is 55.2 Å². The molecular weight excluding hydrogens is 677 g/mol. The molecule has 51 heavy (non-hydrogen) atoms. The van der Waals surface area contributed by atoms with Crippen molar-refractivity contribution < 1.29 is 42.6 Å². The van der Waals surface area contributed by atoms with E-state index in [4.69, 9.17) is 38.3 Å². The summed E-state index contributed by atoms with van der Waals surface area (Å²) in [7, 11) is 2.97. The van der Waals surface area contributed by atoms with Crippen molar-refractivity contribution in [2.75, 3.05) is 100 Å². The lowest BCUT2D eigenvalue weighted by molar-refractivity contribution is -0.273. The molecule has 1 saturated heterocycles. The van der Waals surface area contributed by atoms with Gasteiger partial charge < -0.3 is 23.3 Å². The second-order valence-corrected chi connectivity index (χ2v) is 14.0. The first-order valence-corrected chi connectivity index (χ1v) is 18.7. The number of ether oxygens (including phenoxy) is 3. The number of esters is 2. The molecule has 1 fully saturated rings. The van der Waals surface area contributed by atoms with Crippen LogP contribution in [0.3, 0.4) is 0 Å². The molecule has 2 atom stereocenters. The number of unbranched alkanes of at least 4 members (excludes halogenated alkanes) is 1. The fraction of sp³-hybridized carbons (Fsp3) is 0.694. The maximum atomic E-state index is 12.3. The Morgan fingerprint density at radius 3 is 2.04 bits per heavy atom. The van der Waals surface area contributed by atoms with Gasteiger partial charge in [-0.2, -0.15) is 5.26 Å². The SMILES string of the molecule is COOCCN1CCN(CC(=O)OC)CCN(CC(=O)OC)CC(Oc2ccc(C#CCCCOP(OCCC#N)N(C(C)C)C(C)C)cc2)C1. The van der Waals surface area contributed by atoms with Crippen molar-refractivity contribution in [2.45, 2.75) is 65.1 Å². The normalized spacial score (nSPS) is 17.1. The molecule has 286 valence electrons. The lowest BCUT2D eigenvalue weighted by Gasteiger charge is -2.35. The summed E-state index contributed by atoms with van der Waals surface area (Å²) in [5.74, 6) is 6.50. The van der Waals surface area contributed by atoms with Crippen LogP contribution in [0.15, 0.2) is 24.3 Å². The summed E-state index contributed by atoms with van der Waals surface area (Å²) in [5.41, 5.74) is 0.874. The Bertz CT molecular complexity index is 1230. The summed E-state index contributed by atoms with van der Waals surface area (Å²) in [4.78, 5) is 40.6. The molecule has 2 rings (SSSR count). The number of nitrogens with zero attached hydrogens (tertiary/aromatic N) is 5. The van der Waals surface area contributed by atoms with E-state index in [1.807, 2.05) is 34.1 Å². The number of carbonyl (C=O) groups is 2. The van der Waals surface area contributed by atoms with Crippen molar-refractivity contribution in [3.05, 3.63) is 29.8 Å². The third kappa shape index (κ3) is 18.4. The van der Waals surface area contributed by atoms with Crippen LogP contribution in [0.25, 0.3) is 0 Å². The van der Waals surface area contributed by atoms with Crippen LogP contribution in [0, 0.1) is 23.2 Å². The molecule has 1 aliphatic heterocycles. The summed E-state index contributed by atoms with van der Waals surface area (Å²) >= 11 is 0. The average Bonchev–Trinajstić information content (AvgIpc) is 3.10. The molecule has 0 spiro atoms. The van der Waals surface area contributed by atoms with E-state index in [9.17, 15) is 9.59 Å². The first-order valence-electron chi connectivity index (χ1n) is 17.5. The molecule has 1 heterocycles. The summed E-state index contributed by atoms with van der Waals surface area (Å²) in [6.07, 6.45) is 1.48. The van der Waals surface area contributed by atoms with E-state index < -0.39 is 8.53 Å². The van der Waals surface area contributed by atoms with Gasteiger partial charge in [0.25, 0.3) is 8.53 Å². The van der Waals surface area contributed by atoms with Crippen LogP contribution in [-0.4, -0.2) is 150 Å². The van der Waals surface area contributed by atoms with Crippen LogP contribution in [0.2, 0.25) is 0 Å². The summed E-state index contributed by atoms with van der Waals surface area (Å²) in [6, 6.07) is 10.3. The highest BCUT2D eigenvalue weighted by Gasteiger charge is 2.27. The molecule has 0 N–H and O–H groups in total. The lowest BCUT2D eigenvalue weighted by atomic mass is 10.2. The van der Waals surface area contributed by atoms with Crippen molar-refractivity contribution >= 4 is 20.5 Å². The maximum Gasteiger partial charge on any atom is 0.319 e. The predicted molar refractivity (Wildman–Crippen MR) is 194 cm³/mol. The number of methoxy groups -OCH3 is 2. The number of hydrogen-bond acceptors (Lipinski definition) is 14. The molecule has 1 aromatic rings. The van der Waals surface area contributed by atoms with Gasteiger partial charge in [0, 0.05) is 69.9 Å². The molecule has 0 saturated carbocycles. The molecule has 14 nitrogen and oxygen atoms in total. The average molecular weight is 736 g/mol. The van der Waals surface area contributed by atoms with Gasteiger partial charge in [0.15, 0.2) is 0 Å². The van der Waals surface area contributed by atoms with Crippen LogP contribution in [0.5, 0.6) is 5.75 Å². The van der Waals surface area contributed by atoms with Crippen LogP contribution < -0.4 is 4.74 Å². The number of carbonyl (C=O) groups excluding carboxylic acids is 2. The quantitative estimate of drug-likeness (QED) is 0.0481. The predicted octanol–water partition coefficient (Wildman–Crippen LogP) is 3.70. The molecule has 1 aliphatic rings. The van der Waals surface area contributed by atoms with E-state index in [-0.39, 0.29) is 43.2 Å². The van der Waals surface area contributed by atoms with Crippen LogP contribution in [0.4, 0.5) is 0 Å². The smallest absolute Gasteiger partial charge is 0.319 e. The summed E-state index contributed by atoms with van der Waals surface area (Å²) in [6.45, 7) is 13.9. The Balaban J connectivity index is 2.06. The van der Waals surface area contributed by atoms with Crippen LogP contribution >= 0.6 is 8.53 Å². The minimum atomic E-state index is -1.26. The van der Waals surface area contributed by atoms with Gasteiger partial charge in [0.05, 0.1) is 66.7 Å². The van der Waals surface area contributed by atoms with Crippen LogP contribution in [-0.2, 0) is 37.9 Å². The Hall–Kier alpha value is -2.88. The largest absolute Gasteiger partial charge is 0.488 e. The zero-order chi connectivity index (χ0) is 37.4. The van der Waals surface area contributed by atoms with E-state index in [0.717, 1.165) is 12.0 Å². The summed E-state index contributed by atoms with van der Waals surface area (Å²) < 4.78 is 30.7. The monoisotopic (exact) mass is 735 g/mol. The highest BCUT2D eigenvalue weighted by atomic mass is 31.2. The Labute approximate surface area is 306 Å². The number of benzene rings is 1. The van der Waals surface area contributed by atoms with E-state index >= 15 is 0 Å². The third-order valence-electron chi connectivity index (χ3n) is 7.86. The van der Waals surface area contributed by atoms with E-state index in [0.29, 0.717) is 84.2 Å². The Morgan fingerprint density at radius 1 is 0.843 bits per heavy atom. The molecule has 0 aromatic heterocycles. The van der Waals surface area contributed by atoms with Crippen molar-refractivity contribution in [1.82, 2.24) is 19.4 Å². The molecule has 1 aromatic carbocycles. The van der Waals surface area contributed by atoms with Crippen molar-refractivity contribution in [2.24, 2.45) is 0 Å². The van der Waals surface area contributed by atoms with Crippen molar-refractivity contribution in [3.63, 3.8) is 0 Å². The fourth-order valence-electron chi connectivity index (χ4n) is 5.41. The summed E-state index contributed by atoms with van der Waals surface area (Å²) in [5, 5.41) is 8.91. The fourth-order valence-corrected chi connectivity index (χ4v) is 7.04. The van der Waals surface area contributed by atoms with E-state index in [1.165, 1.54) is 21.3 Å². The minimum absolute atomic E-state index is 0.0956.